The smallest absolute Gasteiger partial charge is 0.232 e. The summed E-state index contributed by atoms with van der Waals surface area (Å²) in [6.45, 7) is 1.74. The number of amides is 1. The molecule has 0 saturated heterocycles. The van der Waals surface area contributed by atoms with Crippen molar-refractivity contribution in [1.82, 2.24) is 9.97 Å². The number of hydrogen-bond donors (Lipinski definition) is 2. The zero-order chi connectivity index (χ0) is 20.6. The molecule has 0 bridgehead atoms. The van der Waals surface area contributed by atoms with Gasteiger partial charge in [0.25, 0.3) is 0 Å². The first-order valence-electron chi connectivity index (χ1n) is 9.44. The molecule has 1 aliphatic carbocycles. The van der Waals surface area contributed by atoms with Gasteiger partial charge in [-0.05, 0) is 54.7 Å². The first-order chi connectivity index (χ1) is 13.9. The minimum atomic E-state index is -3.58. The fraction of sp³-hybridized carbons (Fsp3) is 0.300. The van der Waals surface area contributed by atoms with Crippen molar-refractivity contribution in [2.45, 2.75) is 32.2 Å². The predicted molar refractivity (Wildman–Crippen MR) is 111 cm³/mol. The molecule has 0 spiro atoms. The van der Waals surface area contributed by atoms with Crippen molar-refractivity contribution in [1.29, 1.82) is 0 Å². The number of nitrogens with zero attached hydrogens (tertiary/aromatic N) is 2. The molecule has 152 valence electrons. The summed E-state index contributed by atoms with van der Waals surface area (Å²) in [5, 5.41) is 0.786. The van der Waals surface area contributed by atoms with E-state index in [0.717, 1.165) is 24.6 Å². The summed E-state index contributed by atoms with van der Waals surface area (Å²) in [5.41, 5.74) is 1.78. The molecule has 7 nitrogen and oxygen atoms in total. The molecule has 1 aliphatic rings. The summed E-state index contributed by atoms with van der Waals surface area (Å²) in [4.78, 5) is 20.7. The van der Waals surface area contributed by atoms with E-state index in [1.54, 1.807) is 30.2 Å². The van der Waals surface area contributed by atoms with Crippen molar-refractivity contribution in [3.05, 3.63) is 42.3 Å². The average Bonchev–Trinajstić information content (AvgIpc) is 3.39. The summed E-state index contributed by atoms with van der Waals surface area (Å²) in [5.74, 6) is -0.242. The van der Waals surface area contributed by atoms with E-state index in [9.17, 15) is 17.6 Å². The van der Waals surface area contributed by atoms with Crippen LogP contribution in [-0.4, -0.2) is 36.6 Å². The molecule has 4 rings (SSSR count). The zero-order valence-corrected chi connectivity index (χ0v) is 16.7. The number of nitrogens with one attached hydrogen (secondary N) is 2. The van der Waals surface area contributed by atoms with Crippen molar-refractivity contribution in [2.24, 2.45) is 0 Å². The molecule has 1 fully saturated rings. The Labute approximate surface area is 168 Å². The van der Waals surface area contributed by atoms with Crippen molar-refractivity contribution < 1.29 is 17.6 Å². The van der Waals surface area contributed by atoms with Crippen LogP contribution in [0.2, 0.25) is 0 Å². The van der Waals surface area contributed by atoms with Crippen molar-refractivity contribution >= 4 is 39.0 Å². The second kappa shape index (κ2) is 7.47. The number of benzene rings is 1. The Morgan fingerprint density at radius 2 is 2.10 bits per heavy atom. The summed E-state index contributed by atoms with van der Waals surface area (Å²) in [6.07, 6.45) is 4.80. The highest BCUT2D eigenvalue weighted by Crippen LogP contribution is 2.36. The molecule has 2 aromatic heterocycles. The van der Waals surface area contributed by atoms with Gasteiger partial charge >= 0.3 is 0 Å². The predicted octanol–water partition coefficient (Wildman–Crippen LogP) is 3.65. The lowest BCUT2D eigenvalue weighted by atomic mass is 10.0. The first-order valence-corrected chi connectivity index (χ1v) is 11.1. The monoisotopic (exact) mass is 416 g/mol. The summed E-state index contributed by atoms with van der Waals surface area (Å²) < 4.78 is 40.8. The van der Waals surface area contributed by atoms with Crippen molar-refractivity contribution in [2.75, 3.05) is 15.4 Å². The Bertz CT molecular complexity index is 1170. The van der Waals surface area contributed by atoms with Crippen LogP contribution in [0.25, 0.3) is 22.2 Å². The number of hydrogen-bond acceptors (Lipinski definition) is 4. The van der Waals surface area contributed by atoms with Crippen LogP contribution in [0, 0.1) is 5.82 Å². The summed E-state index contributed by atoms with van der Waals surface area (Å²) >= 11 is 0. The maximum absolute atomic E-state index is 14.7. The van der Waals surface area contributed by atoms with Gasteiger partial charge in [0, 0.05) is 17.6 Å². The third kappa shape index (κ3) is 3.95. The SMILES string of the molecule is CCCS(=O)(=O)Nc1ccc(-c2cc(N(C=O)C3CC3)nc3[nH]ccc23)cc1F. The van der Waals surface area contributed by atoms with Crippen LogP contribution in [0.1, 0.15) is 26.2 Å². The molecule has 29 heavy (non-hydrogen) atoms. The molecule has 0 radical (unpaired) electrons. The number of fused-ring (bicyclic) bond motifs is 1. The van der Waals surface area contributed by atoms with Gasteiger partial charge in [-0.2, -0.15) is 0 Å². The minimum absolute atomic E-state index is 0.0748. The zero-order valence-electron chi connectivity index (χ0n) is 15.9. The van der Waals surface area contributed by atoms with Crippen LogP contribution < -0.4 is 9.62 Å². The number of anilines is 2. The molecule has 0 atom stereocenters. The minimum Gasteiger partial charge on any atom is -0.346 e. The first kappa shape index (κ1) is 19.4. The highest BCUT2D eigenvalue weighted by atomic mass is 32.2. The van der Waals surface area contributed by atoms with E-state index in [1.165, 1.54) is 12.1 Å². The molecule has 1 amide bonds. The lowest BCUT2D eigenvalue weighted by Gasteiger charge is -2.17. The lowest BCUT2D eigenvalue weighted by molar-refractivity contribution is -0.107. The summed E-state index contributed by atoms with van der Waals surface area (Å²) in [6, 6.07) is 8.10. The van der Waals surface area contributed by atoms with Gasteiger partial charge in [-0.3, -0.25) is 14.4 Å². The maximum Gasteiger partial charge on any atom is 0.232 e. The van der Waals surface area contributed by atoms with E-state index in [4.69, 9.17) is 0 Å². The van der Waals surface area contributed by atoms with Gasteiger partial charge < -0.3 is 4.98 Å². The number of pyridine rings is 1. The Morgan fingerprint density at radius 1 is 1.31 bits per heavy atom. The number of rotatable bonds is 8. The number of aromatic amines is 1. The highest BCUT2D eigenvalue weighted by molar-refractivity contribution is 7.92. The van der Waals surface area contributed by atoms with E-state index >= 15 is 0 Å². The van der Waals surface area contributed by atoms with E-state index in [0.29, 0.717) is 29.0 Å². The lowest BCUT2D eigenvalue weighted by Crippen LogP contribution is -2.24. The van der Waals surface area contributed by atoms with Crippen LogP contribution in [-0.2, 0) is 14.8 Å². The van der Waals surface area contributed by atoms with Gasteiger partial charge in [0.15, 0.2) is 0 Å². The molecular weight excluding hydrogens is 395 g/mol. The normalized spacial score (nSPS) is 14.1. The van der Waals surface area contributed by atoms with E-state index < -0.39 is 15.8 Å². The molecule has 0 aliphatic heterocycles. The van der Waals surface area contributed by atoms with Crippen LogP contribution in [0.4, 0.5) is 15.9 Å². The van der Waals surface area contributed by atoms with Crippen LogP contribution >= 0.6 is 0 Å². The highest BCUT2D eigenvalue weighted by Gasteiger charge is 2.30. The number of carbonyl (C=O) groups excluding carboxylic acids is 1. The van der Waals surface area contributed by atoms with Gasteiger partial charge in [0.1, 0.15) is 17.3 Å². The standard InChI is InChI=1S/C20H21FN4O3S/c1-2-9-29(27,28)24-18-6-3-13(10-17(18)21)16-11-19(25(12-26)14-4-5-14)23-20-15(16)7-8-22-20/h3,6-8,10-12,14,24H,2,4-5,9H2,1H3,(H,22,23). The van der Waals surface area contributed by atoms with Crippen LogP contribution in [0.15, 0.2) is 36.5 Å². The Kier molecular flexibility index (Phi) is 4.99. The topological polar surface area (TPSA) is 95.2 Å². The van der Waals surface area contributed by atoms with E-state index in [-0.39, 0.29) is 17.5 Å². The van der Waals surface area contributed by atoms with E-state index in [1.807, 2.05) is 6.07 Å². The quantitative estimate of drug-likeness (QED) is 0.548. The Balaban J connectivity index is 1.75. The molecule has 2 N–H and O–H groups in total. The number of carbonyl (C=O) groups is 1. The number of halogens is 1. The van der Waals surface area contributed by atoms with Gasteiger partial charge in [0.05, 0.1) is 11.4 Å². The largest absolute Gasteiger partial charge is 0.346 e. The van der Waals surface area contributed by atoms with Gasteiger partial charge in [-0.25, -0.2) is 17.8 Å². The third-order valence-electron chi connectivity index (χ3n) is 4.85. The Morgan fingerprint density at radius 3 is 2.76 bits per heavy atom. The van der Waals surface area contributed by atoms with Gasteiger partial charge in [-0.15, -0.1) is 0 Å². The molecular formula is C20H21FN4O3S. The van der Waals surface area contributed by atoms with Crippen LogP contribution in [0.5, 0.6) is 0 Å². The summed E-state index contributed by atoms with van der Waals surface area (Å²) in [7, 11) is -3.58. The second-order valence-corrected chi connectivity index (χ2v) is 8.97. The average molecular weight is 416 g/mol. The van der Waals surface area contributed by atoms with Gasteiger partial charge in [0.2, 0.25) is 16.4 Å². The van der Waals surface area contributed by atoms with Crippen molar-refractivity contribution in [3.63, 3.8) is 0 Å². The van der Waals surface area contributed by atoms with Gasteiger partial charge in [-0.1, -0.05) is 13.0 Å². The fourth-order valence-electron chi connectivity index (χ4n) is 3.33. The molecule has 1 aromatic carbocycles. The number of sulfonamides is 1. The fourth-order valence-corrected chi connectivity index (χ4v) is 4.47. The van der Waals surface area contributed by atoms with E-state index in [2.05, 4.69) is 14.7 Å². The molecule has 0 unspecified atom stereocenters. The molecule has 1 saturated carbocycles. The second-order valence-electron chi connectivity index (χ2n) is 7.13. The number of H-pyrrole nitrogens is 1. The molecule has 9 heteroatoms. The number of aromatic nitrogens is 2. The van der Waals surface area contributed by atoms with Crippen molar-refractivity contribution in [3.8, 4) is 11.1 Å². The molecule has 3 aromatic rings. The third-order valence-corrected chi connectivity index (χ3v) is 6.33. The molecule has 2 heterocycles. The Hall–Kier alpha value is -2.94. The maximum atomic E-state index is 14.7. The van der Waals surface area contributed by atoms with Crippen LogP contribution in [0.3, 0.4) is 0 Å².